The van der Waals surface area contributed by atoms with Crippen LogP contribution in [0.1, 0.15) is 81.2 Å². The van der Waals surface area contributed by atoms with Crippen molar-refractivity contribution in [3.8, 4) is 40.7 Å². The van der Waals surface area contributed by atoms with E-state index >= 15 is 0 Å². The lowest BCUT2D eigenvalue weighted by molar-refractivity contribution is -0.136. The monoisotopic (exact) mass is 1010 g/mol. The van der Waals surface area contributed by atoms with Crippen LogP contribution < -0.4 is 20.2 Å². The molecule has 3 N–H and O–H groups in total. The number of fused-ring (bicyclic) bond motifs is 2. The maximum absolute atomic E-state index is 14.0. The number of amides is 2. The zero-order chi connectivity index (χ0) is 50.9. The van der Waals surface area contributed by atoms with Crippen molar-refractivity contribution in [1.82, 2.24) is 39.4 Å². The molecule has 0 spiro atoms. The lowest BCUT2D eigenvalue weighted by Gasteiger charge is -2.42. The molecule has 2 atom stereocenters. The number of aromatic nitrogens is 5. The summed E-state index contributed by atoms with van der Waals surface area (Å²) < 4.78 is 7.92. The number of halogens is 1. The molecule has 0 radical (unpaired) electrons. The standard InChI is InChI=1S/C55H62ClN11O6/c1-4-49(70)66-26-25-64(31-40(66)15-20-57)51-41-19-24-63(46-10-6-8-37-7-5-9-44(56)50(37)46)32-45(41)58-54(59-51)73-33-36-16-23-65(30-36)53(71)38-17-21-62(22-18-38)29-35-11-13-39(14-12-35)67-52(60-61-55(67)72)43-27-42(34(2)3)47(68)28-48(43)69/h5-14,27-28,34,36,38,40,68-69H,4,15-19,21-26,29-33H2,1-3H3,(H,61,72). The van der Waals surface area contributed by atoms with Crippen LogP contribution in [0.15, 0.2) is 77.6 Å². The Labute approximate surface area is 429 Å². The van der Waals surface area contributed by atoms with E-state index in [1.54, 1.807) is 6.07 Å². The Morgan fingerprint density at radius 3 is 2.45 bits per heavy atom. The summed E-state index contributed by atoms with van der Waals surface area (Å²) in [6, 6.07) is 25.2. The van der Waals surface area contributed by atoms with E-state index in [-0.39, 0.29) is 65.4 Å². The third-order valence-electron chi connectivity index (χ3n) is 15.2. The summed E-state index contributed by atoms with van der Waals surface area (Å²) in [4.78, 5) is 60.7. The average Bonchev–Trinajstić information content (AvgIpc) is 4.04. The number of benzene rings is 4. The first-order chi connectivity index (χ1) is 35.4. The number of ether oxygens (including phenoxy) is 1. The molecule has 3 fully saturated rings. The van der Waals surface area contributed by atoms with E-state index in [9.17, 15) is 29.9 Å². The van der Waals surface area contributed by atoms with Crippen LogP contribution in [0.2, 0.25) is 5.02 Å². The number of hydrogen-bond donors (Lipinski definition) is 3. The molecule has 6 aromatic rings. The molecule has 18 heteroatoms. The van der Waals surface area contributed by atoms with Gasteiger partial charge in [0.2, 0.25) is 11.8 Å². The molecule has 2 unspecified atom stereocenters. The van der Waals surface area contributed by atoms with E-state index in [1.165, 1.54) is 10.6 Å². The van der Waals surface area contributed by atoms with E-state index in [1.807, 2.05) is 67.0 Å². The third-order valence-corrected chi connectivity index (χ3v) is 15.5. The van der Waals surface area contributed by atoms with Gasteiger partial charge in [0.15, 0.2) is 5.82 Å². The highest BCUT2D eigenvalue weighted by Crippen LogP contribution is 2.39. The molecular weight excluding hydrogens is 946 g/mol. The molecular formula is C55H62ClN11O6. The van der Waals surface area contributed by atoms with Crippen molar-refractivity contribution in [3.05, 3.63) is 111 Å². The maximum atomic E-state index is 14.0. The van der Waals surface area contributed by atoms with Crippen LogP contribution in [-0.4, -0.2) is 126 Å². The van der Waals surface area contributed by atoms with Crippen LogP contribution in [0.3, 0.4) is 0 Å². The highest BCUT2D eigenvalue weighted by atomic mass is 35.5. The predicted octanol–water partition coefficient (Wildman–Crippen LogP) is 7.40. The lowest BCUT2D eigenvalue weighted by atomic mass is 9.95. The molecule has 2 amide bonds. The largest absolute Gasteiger partial charge is 0.508 e. The van der Waals surface area contributed by atoms with Crippen molar-refractivity contribution in [2.45, 2.75) is 84.3 Å². The highest BCUT2D eigenvalue weighted by molar-refractivity contribution is 6.36. The molecule has 0 saturated carbocycles. The van der Waals surface area contributed by atoms with Crippen LogP contribution in [0.5, 0.6) is 17.5 Å². The summed E-state index contributed by atoms with van der Waals surface area (Å²) in [5.41, 5.74) is 5.16. The topological polar surface area (TPSA) is 200 Å². The smallest absolute Gasteiger partial charge is 0.348 e. The van der Waals surface area contributed by atoms with Crippen molar-refractivity contribution in [3.63, 3.8) is 0 Å². The second kappa shape index (κ2) is 21.1. The molecule has 6 heterocycles. The Morgan fingerprint density at radius 2 is 1.70 bits per heavy atom. The Bertz CT molecular complexity index is 3120. The van der Waals surface area contributed by atoms with Gasteiger partial charge in [0, 0.05) is 86.8 Å². The molecule has 4 aliphatic rings. The summed E-state index contributed by atoms with van der Waals surface area (Å²) in [6.45, 7) is 12.5. The Balaban J connectivity index is 0.771. The van der Waals surface area contributed by atoms with Gasteiger partial charge in [-0.3, -0.25) is 14.5 Å². The first-order valence-electron chi connectivity index (χ1n) is 25.6. The normalized spacial score (nSPS) is 18.6. The third kappa shape index (κ3) is 10.1. The van der Waals surface area contributed by atoms with Gasteiger partial charge in [-0.05, 0) is 91.5 Å². The fourth-order valence-corrected chi connectivity index (χ4v) is 11.5. The van der Waals surface area contributed by atoms with Crippen LogP contribution in [0.25, 0.3) is 27.8 Å². The average molecular weight is 1010 g/mol. The molecule has 4 aromatic carbocycles. The zero-order valence-electron chi connectivity index (χ0n) is 41.6. The molecule has 0 bridgehead atoms. The number of piperidine rings is 1. The Kier molecular flexibility index (Phi) is 14.3. The summed E-state index contributed by atoms with van der Waals surface area (Å²) in [7, 11) is 0. The number of H-pyrrole nitrogens is 1. The number of nitriles is 1. The fraction of sp³-hybridized carbons (Fsp3) is 0.436. The van der Waals surface area contributed by atoms with E-state index in [0.29, 0.717) is 87.1 Å². The number of nitrogens with one attached hydrogen (secondary N) is 1. The number of carbonyl (C=O) groups excluding carboxylic acids is 2. The first kappa shape index (κ1) is 49.4. The van der Waals surface area contributed by atoms with Crippen molar-refractivity contribution in [1.29, 1.82) is 5.26 Å². The number of likely N-dealkylation sites (tertiary alicyclic amines) is 2. The number of phenolic OH excluding ortho intramolecular Hbond substituents is 2. The Morgan fingerprint density at radius 1 is 0.918 bits per heavy atom. The summed E-state index contributed by atoms with van der Waals surface area (Å²) >= 11 is 6.80. The van der Waals surface area contributed by atoms with E-state index in [4.69, 9.17) is 26.3 Å². The zero-order valence-corrected chi connectivity index (χ0v) is 42.4. The number of hydrogen-bond acceptors (Lipinski definition) is 13. The summed E-state index contributed by atoms with van der Waals surface area (Å²) in [5, 5.41) is 40.4. The van der Waals surface area contributed by atoms with E-state index in [2.05, 4.69) is 55.2 Å². The SMILES string of the molecule is CCC(=O)N1CCN(c2nc(OCC3CCN(C(=O)C4CCN(Cc5ccc(-n6c(-c7cc(C(C)C)c(O)cc7O)n[nH]c6=O)cc5)CC4)C3)nc3c2CCN(c2cccc4cccc(Cl)c24)C3)CC1CC#N. The van der Waals surface area contributed by atoms with Gasteiger partial charge in [-0.15, -0.1) is 0 Å². The molecule has 2 aromatic heterocycles. The number of aromatic hydroxyl groups is 2. The fourth-order valence-electron chi connectivity index (χ4n) is 11.2. The van der Waals surface area contributed by atoms with Gasteiger partial charge in [0.05, 0.1) is 53.7 Å². The summed E-state index contributed by atoms with van der Waals surface area (Å²) in [5.74, 6) is 1.14. The van der Waals surface area contributed by atoms with Gasteiger partial charge < -0.3 is 34.5 Å². The highest BCUT2D eigenvalue weighted by Gasteiger charge is 2.36. The summed E-state index contributed by atoms with van der Waals surface area (Å²) in [6.07, 6.45) is 3.66. The van der Waals surface area contributed by atoms with Gasteiger partial charge >= 0.3 is 11.7 Å². The molecule has 3 saturated heterocycles. The van der Waals surface area contributed by atoms with Gasteiger partial charge in [-0.25, -0.2) is 14.5 Å². The number of nitrogens with zero attached hydrogens (tertiary/aromatic N) is 10. The number of piperazine rings is 1. The van der Waals surface area contributed by atoms with Gasteiger partial charge in [-0.2, -0.15) is 20.3 Å². The molecule has 73 heavy (non-hydrogen) atoms. The van der Waals surface area contributed by atoms with E-state index in [0.717, 1.165) is 78.0 Å². The second-order valence-corrected chi connectivity index (χ2v) is 20.6. The quantitative estimate of drug-likeness (QED) is 0.104. The second-order valence-electron chi connectivity index (χ2n) is 20.2. The molecule has 4 aliphatic heterocycles. The van der Waals surface area contributed by atoms with Gasteiger partial charge in [-0.1, -0.05) is 68.8 Å². The minimum Gasteiger partial charge on any atom is -0.508 e. The lowest BCUT2D eigenvalue weighted by Crippen LogP contribution is -2.55. The first-order valence-corrected chi connectivity index (χ1v) is 25.9. The number of rotatable bonds is 13. The van der Waals surface area contributed by atoms with Gasteiger partial charge in [0.25, 0.3) is 0 Å². The minimum atomic E-state index is -0.445. The molecule has 380 valence electrons. The molecule has 10 rings (SSSR count). The van der Waals surface area contributed by atoms with Crippen molar-refractivity contribution in [2.24, 2.45) is 11.8 Å². The number of phenols is 2. The van der Waals surface area contributed by atoms with E-state index < -0.39 is 5.69 Å². The van der Waals surface area contributed by atoms with Gasteiger partial charge in [0.1, 0.15) is 17.3 Å². The van der Waals surface area contributed by atoms with Crippen molar-refractivity contribution < 1.29 is 24.5 Å². The maximum Gasteiger partial charge on any atom is 0.348 e. The minimum absolute atomic E-state index is 0.0127. The van der Waals surface area contributed by atoms with Crippen molar-refractivity contribution >= 4 is 45.7 Å². The molecule has 0 aliphatic carbocycles. The predicted molar refractivity (Wildman–Crippen MR) is 279 cm³/mol. The number of anilines is 2. The Hall–Kier alpha value is -7.16. The number of aromatic amines is 1. The van der Waals surface area contributed by atoms with Crippen LogP contribution in [0.4, 0.5) is 11.5 Å². The van der Waals surface area contributed by atoms with Crippen molar-refractivity contribution in [2.75, 3.05) is 68.8 Å². The molecule has 17 nitrogen and oxygen atoms in total. The van der Waals surface area contributed by atoms with Crippen LogP contribution in [0, 0.1) is 23.2 Å². The van der Waals surface area contributed by atoms with Crippen LogP contribution in [-0.2, 0) is 29.1 Å². The number of carbonyl (C=O) groups is 2. The van der Waals surface area contributed by atoms with Crippen LogP contribution >= 0.6 is 11.6 Å².